The SMILES string of the molecule is O=C(NS(=O)(=O)Nc1ccccc1)N1CCCCC1. The van der Waals surface area contributed by atoms with Crippen molar-refractivity contribution in [3.05, 3.63) is 30.3 Å². The predicted octanol–water partition coefficient (Wildman–Crippen LogP) is 1.54. The van der Waals surface area contributed by atoms with E-state index < -0.39 is 16.2 Å². The fraction of sp³-hybridized carbons (Fsp3) is 0.417. The second kappa shape index (κ2) is 5.92. The number of anilines is 1. The molecule has 2 rings (SSSR count). The third-order valence-corrected chi connectivity index (χ3v) is 3.84. The van der Waals surface area contributed by atoms with E-state index in [1.165, 1.54) is 4.90 Å². The number of hydrogen-bond acceptors (Lipinski definition) is 3. The van der Waals surface area contributed by atoms with Gasteiger partial charge in [0.05, 0.1) is 5.69 Å². The van der Waals surface area contributed by atoms with E-state index in [9.17, 15) is 13.2 Å². The summed E-state index contributed by atoms with van der Waals surface area (Å²) >= 11 is 0. The number of urea groups is 1. The first-order chi connectivity index (χ1) is 9.07. The molecule has 0 aliphatic carbocycles. The molecule has 0 saturated carbocycles. The van der Waals surface area contributed by atoms with Crippen molar-refractivity contribution in [2.75, 3.05) is 17.8 Å². The molecule has 1 aliphatic heterocycles. The summed E-state index contributed by atoms with van der Waals surface area (Å²) in [6.07, 6.45) is 2.91. The smallest absolute Gasteiger partial charge is 0.324 e. The molecule has 0 aromatic heterocycles. The molecule has 1 aromatic rings. The summed E-state index contributed by atoms with van der Waals surface area (Å²) < 4.78 is 27.9. The number of carbonyl (C=O) groups excluding carboxylic acids is 1. The van der Waals surface area contributed by atoms with Crippen LogP contribution >= 0.6 is 0 Å². The van der Waals surface area contributed by atoms with Crippen molar-refractivity contribution in [2.45, 2.75) is 19.3 Å². The van der Waals surface area contributed by atoms with Crippen molar-refractivity contribution in [1.29, 1.82) is 0 Å². The van der Waals surface area contributed by atoms with Crippen molar-refractivity contribution < 1.29 is 13.2 Å². The molecule has 0 radical (unpaired) electrons. The Morgan fingerprint density at radius 2 is 1.68 bits per heavy atom. The molecule has 0 atom stereocenters. The molecule has 0 spiro atoms. The van der Waals surface area contributed by atoms with Gasteiger partial charge in [0, 0.05) is 13.1 Å². The van der Waals surface area contributed by atoms with Crippen LogP contribution in [0.4, 0.5) is 10.5 Å². The highest BCUT2D eigenvalue weighted by atomic mass is 32.2. The number of likely N-dealkylation sites (tertiary alicyclic amines) is 1. The molecule has 0 unspecified atom stereocenters. The van der Waals surface area contributed by atoms with Crippen LogP contribution in [0.2, 0.25) is 0 Å². The van der Waals surface area contributed by atoms with E-state index in [-0.39, 0.29) is 0 Å². The van der Waals surface area contributed by atoms with Gasteiger partial charge in [-0.25, -0.2) is 9.52 Å². The van der Waals surface area contributed by atoms with Crippen LogP contribution in [0.3, 0.4) is 0 Å². The molecular weight excluding hydrogens is 266 g/mol. The molecular formula is C12H17N3O3S. The van der Waals surface area contributed by atoms with E-state index in [0.717, 1.165) is 19.3 Å². The number of benzene rings is 1. The summed E-state index contributed by atoms with van der Waals surface area (Å²) in [7, 11) is -3.87. The largest absolute Gasteiger partial charge is 0.332 e. The Kier molecular flexibility index (Phi) is 4.26. The standard InChI is InChI=1S/C12H17N3O3S/c16-12(15-9-5-2-6-10-15)14-19(17,18)13-11-7-3-1-4-8-11/h1,3-4,7-8,13H,2,5-6,9-10H2,(H,14,16). The Balaban J connectivity index is 1.95. The van der Waals surface area contributed by atoms with Crippen LogP contribution in [0, 0.1) is 0 Å². The summed E-state index contributed by atoms with van der Waals surface area (Å²) in [6, 6.07) is 7.87. The quantitative estimate of drug-likeness (QED) is 0.883. The number of nitrogens with one attached hydrogen (secondary N) is 2. The molecule has 104 valence electrons. The first-order valence-electron chi connectivity index (χ1n) is 6.21. The lowest BCUT2D eigenvalue weighted by Crippen LogP contribution is -2.46. The Hall–Kier alpha value is -1.76. The number of para-hydroxylation sites is 1. The van der Waals surface area contributed by atoms with E-state index >= 15 is 0 Å². The fourth-order valence-corrected chi connectivity index (χ4v) is 2.82. The van der Waals surface area contributed by atoms with Gasteiger partial charge in [-0.05, 0) is 31.4 Å². The summed E-state index contributed by atoms with van der Waals surface area (Å²) in [5.41, 5.74) is 0.418. The van der Waals surface area contributed by atoms with Crippen molar-refractivity contribution in [2.24, 2.45) is 0 Å². The lowest BCUT2D eigenvalue weighted by molar-refractivity contribution is 0.192. The normalized spacial score (nSPS) is 15.9. The highest BCUT2D eigenvalue weighted by molar-refractivity contribution is 7.91. The maximum absolute atomic E-state index is 11.8. The summed E-state index contributed by atoms with van der Waals surface area (Å²) in [6.45, 7) is 1.21. The van der Waals surface area contributed by atoms with Crippen molar-refractivity contribution in [3.8, 4) is 0 Å². The molecule has 1 aromatic carbocycles. The zero-order valence-corrected chi connectivity index (χ0v) is 11.3. The van der Waals surface area contributed by atoms with E-state index in [4.69, 9.17) is 0 Å². The second-order valence-electron chi connectivity index (χ2n) is 4.43. The molecule has 1 heterocycles. The summed E-state index contributed by atoms with van der Waals surface area (Å²) in [5, 5.41) is 0. The van der Waals surface area contributed by atoms with Crippen LogP contribution in [-0.4, -0.2) is 32.4 Å². The fourth-order valence-electron chi connectivity index (χ4n) is 1.96. The van der Waals surface area contributed by atoms with Crippen LogP contribution in [0.15, 0.2) is 30.3 Å². The molecule has 7 heteroatoms. The van der Waals surface area contributed by atoms with E-state index in [0.29, 0.717) is 18.8 Å². The molecule has 2 N–H and O–H groups in total. The lowest BCUT2D eigenvalue weighted by Gasteiger charge is -2.26. The minimum absolute atomic E-state index is 0.418. The number of piperidine rings is 1. The first-order valence-corrected chi connectivity index (χ1v) is 7.70. The van der Waals surface area contributed by atoms with Crippen LogP contribution in [0.1, 0.15) is 19.3 Å². The first kappa shape index (κ1) is 13.7. The van der Waals surface area contributed by atoms with Gasteiger partial charge in [-0.3, -0.25) is 4.72 Å². The van der Waals surface area contributed by atoms with Gasteiger partial charge in [-0.2, -0.15) is 8.42 Å². The Morgan fingerprint density at radius 3 is 2.32 bits per heavy atom. The summed E-state index contributed by atoms with van der Waals surface area (Å²) in [5.74, 6) is 0. The monoisotopic (exact) mass is 283 g/mol. The Bertz CT molecular complexity index is 524. The predicted molar refractivity (Wildman–Crippen MR) is 72.9 cm³/mol. The van der Waals surface area contributed by atoms with Gasteiger partial charge in [-0.1, -0.05) is 18.2 Å². The van der Waals surface area contributed by atoms with Gasteiger partial charge in [0.2, 0.25) is 0 Å². The van der Waals surface area contributed by atoms with Gasteiger partial charge < -0.3 is 4.90 Å². The number of hydrogen-bond donors (Lipinski definition) is 2. The van der Waals surface area contributed by atoms with E-state index in [1.54, 1.807) is 30.3 Å². The molecule has 6 nitrogen and oxygen atoms in total. The third kappa shape index (κ3) is 4.13. The minimum atomic E-state index is -3.87. The molecule has 19 heavy (non-hydrogen) atoms. The molecule has 2 amide bonds. The number of nitrogens with zero attached hydrogens (tertiary/aromatic N) is 1. The van der Waals surface area contributed by atoms with Gasteiger partial charge in [0.15, 0.2) is 0 Å². The van der Waals surface area contributed by atoms with Crippen molar-refractivity contribution >= 4 is 21.9 Å². The van der Waals surface area contributed by atoms with Crippen LogP contribution in [0.25, 0.3) is 0 Å². The molecule has 1 aliphatic rings. The average Bonchev–Trinajstić information content (AvgIpc) is 2.39. The number of carbonyl (C=O) groups is 1. The molecule has 1 fully saturated rings. The zero-order chi connectivity index (χ0) is 13.7. The molecule has 0 bridgehead atoms. The van der Waals surface area contributed by atoms with E-state index in [1.807, 2.05) is 4.72 Å². The van der Waals surface area contributed by atoms with Crippen LogP contribution in [-0.2, 0) is 10.2 Å². The maximum Gasteiger partial charge on any atom is 0.332 e. The van der Waals surface area contributed by atoms with E-state index in [2.05, 4.69) is 4.72 Å². The van der Waals surface area contributed by atoms with Crippen molar-refractivity contribution in [3.63, 3.8) is 0 Å². The Labute approximate surface area is 113 Å². The summed E-state index contributed by atoms with van der Waals surface area (Å²) in [4.78, 5) is 13.3. The second-order valence-corrected chi connectivity index (χ2v) is 5.84. The van der Waals surface area contributed by atoms with Gasteiger partial charge >= 0.3 is 16.2 Å². The van der Waals surface area contributed by atoms with Gasteiger partial charge in [-0.15, -0.1) is 0 Å². The Morgan fingerprint density at radius 1 is 1.05 bits per heavy atom. The average molecular weight is 283 g/mol. The van der Waals surface area contributed by atoms with Gasteiger partial charge in [0.1, 0.15) is 0 Å². The third-order valence-electron chi connectivity index (χ3n) is 2.89. The highest BCUT2D eigenvalue weighted by Gasteiger charge is 2.21. The molecule has 1 saturated heterocycles. The number of rotatable bonds is 3. The maximum atomic E-state index is 11.8. The van der Waals surface area contributed by atoms with Crippen molar-refractivity contribution in [1.82, 2.24) is 9.62 Å². The topological polar surface area (TPSA) is 78.5 Å². The van der Waals surface area contributed by atoms with Crippen LogP contribution in [0.5, 0.6) is 0 Å². The lowest BCUT2D eigenvalue weighted by atomic mass is 10.1. The van der Waals surface area contributed by atoms with Gasteiger partial charge in [0.25, 0.3) is 0 Å². The zero-order valence-electron chi connectivity index (χ0n) is 10.5. The highest BCUT2D eigenvalue weighted by Crippen LogP contribution is 2.10. The van der Waals surface area contributed by atoms with Crippen LogP contribution < -0.4 is 9.44 Å². The minimum Gasteiger partial charge on any atom is -0.324 e. The number of amides is 2.